The number of ether oxygens (including phenoxy) is 1. The van der Waals surface area contributed by atoms with Gasteiger partial charge in [-0.25, -0.2) is 19.7 Å². The molecule has 0 saturated heterocycles. The fourth-order valence-electron chi connectivity index (χ4n) is 3.05. The van der Waals surface area contributed by atoms with E-state index >= 15 is 0 Å². The van der Waals surface area contributed by atoms with Gasteiger partial charge in [-0.2, -0.15) is 0 Å². The van der Waals surface area contributed by atoms with Crippen molar-refractivity contribution < 1.29 is 14.6 Å². The summed E-state index contributed by atoms with van der Waals surface area (Å²) in [6.45, 7) is 1.82. The molecule has 0 amide bonds. The molecule has 0 saturated carbocycles. The average Bonchev–Trinajstić information content (AvgIpc) is 2.80. The Balaban J connectivity index is 1.88. The first-order chi connectivity index (χ1) is 14.6. The van der Waals surface area contributed by atoms with Crippen LogP contribution >= 0.6 is 0 Å². The van der Waals surface area contributed by atoms with Gasteiger partial charge in [-0.05, 0) is 30.7 Å². The van der Waals surface area contributed by atoms with Crippen molar-refractivity contribution in [2.24, 2.45) is 0 Å². The molecule has 3 aromatic carbocycles. The van der Waals surface area contributed by atoms with Gasteiger partial charge in [-0.15, -0.1) is 0 Å². The lowest BCUT2D eigenvalue weighted by Crippen LogP contribution is -2.02. The molecular weight excluding hydrogens is 378 g/mol. The van der Waals surface area contributed by atoms with E-state index in [-0.39, 0.29) is 5.75 Å². The molecule has 0 bridgehead atoms. The van der Waals surface area contributed by atoms with Gasteiger partial charge in [0.15, 0.2) is 17.5 Å². The number of aromatic nitrogens is 3. The third-order valence-corrected chi connectivity index (χ3v) is 4.71. The number of esters is 1. The monoisotopic (exact) mass is 397 g/mol. The molecule has 4 aromatic rings. The van der Waals surface area contributed by atoms with Crippen molar-refractivity contribution in [3.8, 4) is 39.9 Å². The van der Waals surface area contributed by atoms with Gasteiger partial charge in [0.1, 0.15) is 5.75 Å². The molecule has 0 spiro atoms. The van der Waals surface area contributed by atoms with Crippen LogP contribution in [0.3, 0.4) is 0 Å². The summed E-state index contributed by atoms with van der Waals surface area (Å²) >= 11 is 0. The van der Waals surface area contributed by atoms with E-state index in [2.05, 4.69) is 15.0 Å². The maximum absolute atomic E-state index is 11.7. The second-order valence-corrected chi connectivity index (χ2v) is 6.71. The third-order valence-electron chi connectivity index (χ3n) is 4.71. The van der Waals surface area contributed by atoms with Crippen molar-refractivity contribution >= 4 is 5.97 Å². The van der Waals surface area contributed by atoms with E-state index < -0.39 is 5.97 Å². The van der Waals surface area contributed by atoms with Crippen molar-refractivity contribution in [1.82, 2.24) is 15.0 Å². The number of phenolic OH excluding ortho intramolecular Hbond substituents is 1. The van der Waals surface area contributed by atoms with E-state index in [9.17, 15) is 9.90 Å². The molecule has 0 aliphatic carbocycles. The highest BCUT2D eigenvalue weighted by Gasteiger charge is 2.15. The molecule has 0 atom stereocenters. The van der Waals surface area contributed by atoms with Gasteiger partial charge >= 0.3 is 5.97 Å². The smallest absolute Gasteiger partial charge is 0.337 e. The molecule has 4 rings (SSSR count). The molecule has 0 aliphatic heterocycles. The van der Waals surface area contributed by atoms with Gasteiger partial charge in [-0.3, -0.25) is 0 Å². The molecule has 6 heteroatoms. The summed E-state index contributed by atoms with van der Waals surface area (Å²) in [5.41, 5.74) is 3.26. The Morgan fingerprint density at radius 2 is 1.37 bits per heavy atom. The van der Waals surface area contributed by atoms with Gasteiger partial charge in [0.25, 0.3) is 0 Å². The van der Waals surface area contributed by atoms with E-state index in [1.165, 1.54) is 7.11 Å². The van der Waals surface area contributed by atoms with Crippen LogP contribution in [-0.2, 0) is 4.74 Å². The molecule has 0 unspecified atom stereocenters. The number of methoxy groups -OCH3 is 1. The highest BCUT2D eigenvalue weighted by molar-refractivity contribution is 5.89. The van der Waals surface area contributed by atoms with Gasteiger partial charge in [0, 0.05) is 11.1 Å². The van der Waals surface area contributed by atoms with Crippen molar-refractivity contribution in [3.05, 3.63) is 83.9 Å². The van der Waals surface area contributed by atoms with Crippen LogP contribution in [0.4, 0.5) is 0 Å². The van der Waals surface area contributed by atoms with Crippen molar-refractivity contribution in [2.45, 2.75) is 6.92 Å². The van der Waals surface area contributed by atoms with Crippen LogP contribution in [0.25, 0.3) is 34.2 Å². The number of benzene rings is 3. The predicted molar refractivity (Wildman–Crippen MR) is 114 cm³/mol. The molecular formula is C24H19N3O3. The minimum absolute atomic E-state index is 0.134. The number of phenols is 1. The largest absolute Gasteiger partial charge is 0.507 e. The summed E-state index contributed by atoms with van der Waals surface area (Å²) in [5, 5.41) is 10.5. The number of nitrogens with zero attached hydrogens (tertiary/aromatic N) is 3. The maximum Gasteiger partial charge on any atom is 0.337 e. The lowest BCUT2D eigenvalue weighted by Gasteiger charge is -2.10. The summed E-state index contributed by atoms with van der Waals surface area (Å²) in [6.07, 6.45) is 0. The molecule has 0 radical (unpaired) electrons. The van der Waals surface area contributed by atoms with Crippen molar-refractivity contribution in [2.75, 3.05) is 7.11 Å². The summed E-state index contributed by atoms with van der Waals surface area (Å²) in [4.78, 5) is 25.5. The number of carbonyl (C=O) groups is 1. The number of rotatable bonds is 4. The number of carbonyl (C=O) groups excluding carboxylic acids is 1. The quantitative estimate of drug-likeness (QED) is 0.504. The number of aromatic hydroxyl groups is 1. The van der Waals surface area contributed by atoms with E-state index in [1.807, 2.05) is 49.4 Å². The highest BCUT2D eigenvalue weighted by Crippen LogP contribution is 2.31. The molecule has 0 aliphatic rings. The zero-order valence-electron chi connectivity index (χ0n) is 16.5. The second kappa shape index (κ2) is 8.13. The zero-order chi connectivity index (χ0) is 21.1. The summed E-state index contributed by atoms with van der Waals surface area (Å²) < 4.78 is 4.75. The van der Waals surface area contributed by atoms with E-state index in [1.54, 1.807) is 30.3 Å². The van der Waals surface area contributed by atoms with Gasteiger partial charge in [0.2, 0.25) is 0 Å². The Kier molecular flexibility index (Phi) is 5.22. The number of aryl methyl sites for hydroxylation is 1. The van der Waals surface area contributed by atoms with Crippen LogP contribution in [0.5, 0.6) is 5.75 Å². The number of hydrogen-bond donors (Lipinski definition) is 1. The average molecular weight is 397 g/mol. The standard InChI is InChI=1S/C24H19N3O3/c1-15-7-6-10-19(20(15)28)23-26-21(16-8-4-3-5-9-16)25-22(27-23)17-11-13-18(14-12-17)24(29)30-2/h3-14,28H,1-2H3. The maximum atomic E-state index is 11.7. The Morgan fingerprint density at radius 1 is 0.767 bits per heavy atom. The Labute approximate surface area is 173 Å². The first kappa shape index (κ1) is 19.3. The van der Waals surface area contributed by atoms with Crippen molar-refractivity contribution in [1.29, 1.82) is 0 Å². The first-order valence-corrected chi connectivity index (χ1v) is 9.36. The van der Waals surface area contributed by atoms with Crippen molar-refractivity contribution in [3.63, 3.8) is 0 Å². The molecule has 148 valence electrons. The minimum atomic E-state index is -0.410. The molecule has 1 aromatic heterocycles. The zero-order valence-corrected chi connectivity index (χ0v) is 16.5. The number of para-hydroxylation sites is 1. The summed E-state index contributed by atoms with van der Waals surface area (Å²) in [5.74, 6) is 1.03. The lowest BCUT2D eigenvalue weighted by atomic mass is 10.1. The lowest BCUT2D eigenvalue weighted by molar-refractivity contribution is 0.0600. The van der Waals surface area contributed by atoms with Crippen LogP contribution in [-0.4, -0.2) is 33.1 Å². The molecule has 6 nitrogen and oxygen atoms in total. The fourth-order valence-corrected chi connectivity index (χ4v) is 3.05. The SMILES string of the molecule is COC(=O)c1ccc(-c2nc(-c3ccccc3)nc(-c3cccc(C)c3O)n2)cc1. The summed E-state index contributed by atoms with van der Waals surface area (Å²) in [7, 11) is 1.34. The van der Waals surface area contributed by atoms with Crippen LogP contribution in [0.1, 0.15) is 15.9 Å². The molecule has 1 N–H and O–H groups in total. The fraction of sp³-hybridized carbons (Fsp3) is 0.0833. The highest BCUT2D eigenvalue weighted by atomic mass is 16.5. The van der Waals surface area contributed by atoms with Gasteiger partial charge in [0.05, 0.1) is 18.2 Å². The molecule has 1 heterocycles. The van der Waals surface area contributed by atoms with Gasteiger partial charge in [-0.1, -0.05) is 54.6 Å². The van der Waals surface area contributed by atoms with Crippen LogP contribution < -0.4 is 0 Å². The molecule has 0 fully saturated rings. The predicted octanol–water partition coefficient (Wildman–Crippen LogP) is 4.67. The van der Waals surface area contributed by atoms with Gasteiger partial charge < -0.3 is 9.84 Å². The van der Waals surface area contributed by atoms with E-state index in [0.717, 1.165) is 16.7 Å². The topological polar surface area (TPSA) is 85.2 Å². The minimum Gasteiger partial charge on any atom is -0.507 e. The van der Waals surface area contributed by atoms with Crippen LogP contribution in [0, 0.1) is 6.92 Å². The number of hydrogen-bond acceptors (Lipinski definition) is 6. The molecule has 30 heavy (non-hydrogen) atoms. The van der Waals surface area contributed by atoms with E-state index in [4.69, 9.17) is 4.74 Å². The Bertz CT molecular complexity index is 1210. The third kappa shape index (κ3) is 3.75. The summed E-state index contributed by atoms with van der Waals surface area (Å²) in [6, 6.07) is 21.9. The normalized spacial score (nSPS) is 10.6. The Hall–Kier alpha value is -4.06. The first-order valence-electron chi connectivity index (χ1n) is 9.36. The van der Waals surface area contributed by atoms with Crippen LogP contribution in [0.15, 0.2) is 72.8 Å². The van der Waals surface area contributed by atoms with E-state index in [0.29, 0.717) is 28.6 Å². The Morgan fingerprint density at radius 3 is 2.00 bits per heavy atom. The van der Waals surface area contributed by atoms with Crippen LogP contribution in [0.2, 0.25) is 0 Å². The second-order valence-electron chi connectivity index (χ2n) is 6.71.